The first kappa shape index (κ1) is 17.0. The number of aliphatic imine (C=N–C) groups is 1. The third-order valence-corrected chi connectivity index (χ3v) is 4.69. The van der Waals surface area contributed by atoms with E-state index in [1.165, 1.54) is 18.4 Å². The summed E-state index contributed by atoms with van der Waals surface area (Å²) in [5, 5.41) is 11.8. The first-order valence-corrected chi connectivity index (χ1v) is 8.93. The molecule has 7 heteroatoms. The van der Waals surface area contributed by atoms with E-state index < -0.39 is 0 Å². The number of hydrogen-bond donors (Lipinski definition) is 1. The fraction of sp³-hybridized carbons (Fsp3) is 0.471. The molecule has 128 valence electrons. The SMILES string of the molecule is Cc1nnc(CN=C(NC2CC2)N(C)Cc2ccc(Br)cc2)n1C. The molecule has 1 aliphatic carbocycles. The zero-order valence-corrected chi connectivity index (χ0v) is 15.9. The van der Waals surface area contributed by atoms with Crippen LogP contribution in [-0.4, -0.2) is 38.7 Å². The molecule has 0 bridgehead atoms. The van der Waals surface area contributed by atoms with Crippen LogP contribution in [0.3, 0.4) is 0 Å². The molecule has 0 aliphatic heterocycles. The second-order valence-electron chi connectivity index (χ2n) is 6.26. The van der Waals surface area contributed by atoms with E-state index in [4.69, 9.17) is 4.99 Å². The van der Waals surface area contributed by atoms with Crippen LogP contribution in [0.2, 0.25) is 0 Å². The molecule has 1 saturated carbocycles. The quantitative estimate of drug-likeness (QED) is 0.629. The van der Waals surface area contributed by atoms with Crippen LogP contribution in [0.1, 0.15) is 30.1 Å². The number of hydrogen-bond acceptors (Lipinski definition) is 3. The van der Waals surface area contributed by atoms with Crippen molar-refractivity contribution < 1.29 is 0 Å². The Morgan fingerprint density at radius 3 is 2.62 bits per heavy atom. The van der Waals surface area contributed by atoms with E-state index in [-0.39, 0.29) is 0 Å². The molecule has 0 radical (unpaired) electrons. The van der Waals surface area contributed by atoms with Crippen molar-refractivity contribution in [1.82, 2.24) is 25.0 Å². The van der Waals surface area contributed by atoms with E-state index in [0.717, 1.165) is 28.6 Å². The predicted molar refractivity (Wildman–Crippen MR) is 98.6 cm³/mol. The molecule has 0 spiro atoms. The van der Waals surface area contributed by atoms with Crippen molar-refractivity contribution in [3.05, 3.63) is 46.0 Å². The van der Waals surface area contributed by atoms with Gasteiger partial charge in [0, 0.05) is 31.2 Å². The Morgan fingerprint density at radius 1 is 1.33 bits per heavy atom. The van der Waals surface area contributed by atoms with E-state index in [9.17, 15) is 0 Å². The van der Waals surface area contributed by atoms with Crippen molar-refractivity contribution in [3.8, 4) is 0 Å². The lowest BCUT2D eigenvalue weighted by Gasteiger charge is -2.22. The molecule has 0 saturated heterocycles. The maximum atomic E-state index is 4.76. The summed E-state index contributed by atoms with van der Waals surface area (Å²) in [4.78, 5) is 6.92. The Kier molecular flexibility index (Phi) is 5.18. The number of nitrogens with zero attached hydrogens (tertiary/aromatic N) is 5. The highest BCUT2D eigenvalue weighted by Crippen LogP contribution is 2.19. The number of benzene rings is 1. The molecule has 24 heavy (non-hydrogen) atoms. The van der Waals surface area contributed by atoms with Crippen molar-refractivity contribution in [1.29, 1.82) is 0 Å². The lowest BCUT2D eigenvalue weighted by Crippen LogP contribution is -2.39. The minimum Gasteiger partial charge on any atom is -0.353 e. The van der Waals surface area contributed by atoms with Gasteiger partial charge in [0.15, 0.2) is 11.8 Å². The van der Waals surface area contributed by atoms with Crippen LogP contribution in [0.5, 0.6) is 0 Å². The summed E-state index contributed by atoms with van der Waals surface area (Å²) < 4.78 is 3.07. The normalized spacial score (nSPS) is 14.8. The average molecular weight is 391 g/mol. The maximum Gasteiger partial charge on any atom is 0.194 e. The van der Waals surface area contributed by atoms with Gasteiger partial charge >= 0.3 is 0 Å². The highest BCUT2D eigenvalue weighted by Gasteiger charge is 2.24. The van der Waals surface area contributed by atoms with E-state index in [0.29, 0.717) is 12.6 Å². The van der Waals surface area contributed by atoms with Crippen LogP contribution in [0.15, 0.2) is 33.7 Å². The Hall–Kier alpha value is -1.89. The Balaban J connectivity index is 1.71. The van der Waals surface area contributed by atoms with Crippen LogP contribution in [0.25, 0.3) is 0 Å². The summed E-state index contributed by atoms with van der Waals surface area (Å²) >= 11 is 3.48. The number of nitrogens with one attached hydrogen (secondary N) is 1. The van der Waals surface area contributed by atoms with Gasteiger partial charge in [-0.05, 0) is 37.5 Å². The van der Waals surface area contributed by atoms with Crippen molar-refractivity contribution in [3.63, 3.8) is 0 Å². The molecule has 1 aromatic carbocycles. The smallest absolute Gasteiger partial charge is 0.194 e. The molecule has 0 unspecified atom stereocenters. The van der Waals surface area contributed by atoms with Gasteiger partial charge in [0.1, 0.15) is 12.4 Å². The summed E-state index contributed by atoms with van der Waals surface area (Å²) in [6, 6.07) is 8.94. The van der Waals surface area contributed by atoms with Crippen molar-refractivity contribution in [2.24, 2.45) is 12.0 Å². The van der Waals surface area contributed by atoms with Crippen LogP contribution < -0.4 is 5.32 Å². The van der Waals surface area contributed by atoms with Gasteiger partial charge in [0.25, 0.3) is 0 Å². The number of halogens is 1. The third-order valence-electron chi connectivity index (χ3n) is 4.16. The number of guanidine groups is 1. The van der Waals surface area contributed by atoms with Crippen molar-refractivity contribution in [2.45, 2.75) is 38.9 Å². The molecule has 1 aliphatic rings. The van der Waals surface area contributed by atoms with Crippen molar-refractivity contribution in [2.75, 3.05) is 7.05 Å². The minimum absolute atomic E-state index is 0.525. The molecule has 1 heterocycles. The lowest BCUT2D eigenvalue weighted by atomic mass is 10.2. The molecule has 1 fully saturated rings. The van der Waals surface area contributed by atoms with E-state index in [2.05, 4.69) is 67.7 Å². The van der Waals surface area contributed by atoms with Crippen LogP contribution >= 0.6 is 15.9 Å². The van der Waals surface area contributed by atoms with Gasteiger partial charge in [-0.25, -0.2) is 4.99 Å². The highest BCUT2D eigenvalue weighted by molar-refractivity contribution is 9.10. The molecule has 1 aromatic heterocycles. The van der Waals surface area contributed by atoms with Crippen LogP contribution in [-0.2, 0) is 20.1 Å². The average Bonchev–Trinajstić information content (AvgIpc) is 3.33. The van der Waals surface area contributed by atoms with Gasteiger partial charge < -0.3 is 14.8 Å². The molecule has 2 aromatic rings. The van der Waals surface area contributed by atoms with Gasteiger partial charge in [-0.3, -0.25) is 0 Å². The van der Waals surface area contributed by atoms with Gasteiger partial charge in [-0.1, -0.05) is 28.1 Å². The van der Waals surface area contributed by atoms with E-state index >= 15 is 0 Å². The predicted octanol–water partition coefficient (Wildman–Crippen LogP) is 2.63. The zero-order valence-electron chi connectivity index (χ0n) is 14.3. The minimum atomic E-state index is 0.525. The first-order chi connectivity index (χ1) is 11.5. The number of aromatic nitrogens is 3. The second-order valence-corrected chi connectivity index (χ2v) is 7.18. The van der Waals surface area contributed by atoms with Gasteiger partial charge in [-0.2, -0.15) is 0 Å². The molecule has 3 rings (SSSR count). The summed E-state index contributed by atoms with van der Waals surface area (Å²) in [6.07, 6.45) is 2.43. The summed E-state index contributed by atoms with van der Waals surface area (Å²) in [5.74, 6) is 2.70. The highest BCUT2D eigenvalue weighted by atomic mass is 79.9. The standard InChI is InChI=1S/C17H23BrN6/c1-12-21-22-16(24(12)3)10-19-17(20-15-8-9-15)23(2)11-13-4-6-14(18)7-5-13/h4-7,15H,8-11H2,1-3H3,(H,19,20). The maximum absolute atomic E-state index is 4.76. The molecule has 0 atom stereocenters. The Bertz CT molecular complexity index is 717. The summed E-state index contributed by atoms with van der Waals surface area (Å²) in [7, 11) is 4.04. The molecule has 6 nitrogen and oxygen atoms in total. The second kappa shape index (κ2) is 7.34. The topological polar surface area (TPSA) is 58.3 Å². The van der Waals surface area contributed by atoms with Crippen molar-refractivity contribution >= 4 is 21.9 Å². The molecule has 0 amide bonds. The van der Waals surface area contributed by atoms with Gasteiger partial charge in [0.05, 0.1) is 0 Å². The summed E-state index contributed by atoms with van der Waals surface area (Å²) in [6.45, 7) is 3.28. The van der Waals surface area contributed by atoms with Crippen LogP contribution in [0.4, 0.5) is 0 Å². The lowest BCUT2D eigenvalue weighted by molar-refractivity contribution is 0.473. The van der Waals surface area contributed by atoms with Gasteiger partial charge in [-0.15, -0.1) is 10.2 Å². The van der Waals surface area contributed by atoms with E-state index in [1.54, 1.807) is 0 Å². The molecule has 1 N–H and O–H groups in total. The fourth-order valence-corrected chi connectivity index (χ4v) is 2.62. The summed E-state index contributed by atoms with van der Waals surface area (Å²) in [5.41, 5.74) is 1.25. The molecular formula is C17H23BrN6. The third kappa shape index (κ3) is 4.35. The number of rotatable bonds is 5. The number of aryl methyl sites for hydroxylation is 1. The largest absolute Gasteiger partial charge is 0.353 e. The van der Waals surface area contributed by atoms with Gasteiger partial charge in [0.2, 0.25) is 0 Å². The fourth-order valence-electron chi connectivity index (χ4n) is 2.36. The van der Waals surface area contributed by atoms with Crippen LogP contribution in [0, 0.1) is 6.92 Å². The first-order valence-electron chi connectivity index (χ1n) is 8.14. The Labute approximate surface area is 151 Å². The molecular weight excluding hydrogens is 368 g/mol. The van der Waals surface area contributed by atoms with E-state index in [1.807, 2.05) is 18.5 Å². The Morgan fingerprint density at radius 2 is 2.04 bits per heavy atom. The monoisotopic (exact) mass is 390 g/mol. The zero-order chi connectivity index (χ0) is 17.1.